The fraction of sp³-hybridized carbons (Fsp3) is 0.529. The van der Waals surface area contributed by atoms with Gasteiger partial charge in [-0.15, -0.1) is 11.3 Å². The van der Waals surface area contributed by atoms with Crippen molar-refractivity contribution in [3.63, 3.8) is 0 Å². The van der Waals surface area contributed by atoms with E-state index in [4.69, 9.17) is 0 Å². The number of likely N-dealkylation sites (tertiary alicyclic amines) is 1. The molecule has 0 bridgehead atoms. The van der Waals surface area contributed by atoms with E-state index >= 15 is 0 Å². The Kier molecular flexibility index (Phi) is 5.73. The van der Waals surface area contributed by atoms with Crippen molar-refractivity contribution in [2.45, 2.75) is 40.2 Å². The van der Waals surface area contributed by atoms with Crippen LogP contribution in [0.4, 0.5) is 10.8 Å². The van der Waals surface area contributed by atoms with E-state index in [9.17, 15) is 19.7 Å². The third-order valence-corrected chi connectivity index (χ3v) is 5.75. The van der Waals surface area contributed by atoms with Crippen molar-refractivity contribution in [1.82, 2.24) is 19.7 Å². The van der Waals surface area contributed by atoms with Crippen LogP contribution in [0.25, 0.3) is 0 Å². The first kappa shape index (κ1) is 19.9. The highest BCUT2D eigenvalue weighted by Gasteiger charge is 2.29. The van der Waals surface area contributed by atoms with Crippen molar-refractivity contribution >= 4 is 34.0 Å². The summed E-state index contributed by atoms with van der Waals surface area (Å²) in [6, 6.07) is 0. The number of hydrogen-bond donors (Lipinski definition) is 1. The lowest BCUT2D eigenvalue weighted by atomic mass is 9.96. The molecule has 0 aliphatic carbocycles. The molecule has 150 valence electrons. The lowest BCUT2D eigenvalue weighted by molar-refractivity contribution is -0.386. The average molecular weight is 406 g/mol. The number of carbonyl (C=O) groups excluding carboxylic acids is 2. The molecule has 0 aromatic carbocycles. The Hall–Kier alpha value is -2.82. The van der Waals surface area contributed by atoms with Crippen molar-refractivity contribution in [2.75, 3.05) is 18.4 Å². The summed E-state index contributed by atoms with van der Waals surface area (Å²) in [5.41, 5.74) is 1.47. The van der Waals surface area contributed by atoms with Gasteiger partial charge in [-0.25, -0.2) is 4.98 Å². The molecule has 0 radical (unpaired) electrons. The first-order valence-corrected chi connectivity index (χ1v) is 9.83. The van der Waals surface area contributed by atoms with Crippen LogP contribution in [0, 0.1) is 36.8 Å². The minimum absolute atomic E-state index is 0.0459. The summed E-state index contributed by atoms with van der Waals surface area (Å²) in [7, 11) is 0. The molecular weight excluding hydrogens is 384 g/mol. The van der Waals surface area contributed by atoms with E-state index in [0.717, 1.165) is 5.69 Å². The van der Waals surface area contributed by atoms with Gasteiger partial charge in [0.25, 0.3) is 0 Å². The molecule has 0 atom stereocenters. The zero-order chi connectivity index (χ0) is 20.4. The normalized spacial score (nSPS) is 14.9. The number of piperidine rings is 1. The summed E-state index contributed by atoms with van der Waals surface area (Å²) in [6.07, 6.45) is 1.14. The largest absolute Gasteiger partial charge is 0.341 e. The maximum absolute atomic E-state index is 12.6. The van der Waals surface area contributed by atoms with Crippen molar-refractivity contribution < 1.29 is 14.5 Å². The predicted octanol–water partition coefficient (Wildman–Crippen LogP) is 2.05. The van der Waals surface area contributed by atoms with Crippen LogP contribution in [0.2, 0.25) is 0 Å². The van der Waals surface area contributed by atoms with Crippen molar-refractivity contribution in [2.24, 2.45) is 5.92 Å². The van der Waals surface area contributed by atoms with Gasteiger partial charge in [0.1, 0.15) is 17.9 Å². The fourth-order valence-corrected chi connectivity index (χ4v) is 4.03. The van der Waals surface area contributed by atoms with Crippen LogP contribution in [0.3, 0.4) is 0 Å². The maximum Gasteiger partial charge on any atom is 0.312 e. The SMILES string of the molecule is Cc1csc(NC(=O)C2CCN(C(=O)Cn3nc(C)c([N+](=O)[O-])c3C)CC2)n1. The number of nitro groups is 1. The highest BCUT2D eigenvalue weighted by molar-refractivity contribution is 7.13. The van der Waals surface area contributed by atoms with Crippen LogP contribution in [0.15, 0.2) is 5.38 Å². The lowest BCUT2D eigenvalue weighted by Gasteiger charge is -2.31. The van der Waals surface area contributed by atoms with E-state index in [1.54, 1.807) is 18.7 Å². The van der Waals surface area contributed by atoms with Gasteiger partial charge >= 0.3 is 5.69 Å². The van der Waals surface area contributed by atoms with Gasteiger partial charge in [0.05, 0.1) is 10.6 Å². The fourth-order valence-electron chi connectivity index (χ4n) is 3.34. The molecule has 11 heteroatoms. The Balaban J connectivity index is 1.54. The number of aryl methyl sites for hydroxylation is 2. The quantitative estimate of drug-likeness (QED) is 0.599. The number of amides is 2. The second-order valence-corrected chi connectivity index (χ2v) is 7.73. The maximum atomic E-state index is 12.6. The number of anilines is 1. The molecular formula is C17H22N6O4S. The zero-order valence-electron chi connectivity index (χ0n) is 16.0. The molecule has 2 amide bonds. The molecule has 1 fully saturated rings. The van der Waals surface area contributed by atoms with Crippen molar-refractivity contribution in [3.8, 4) is 0 Å². The van der Waals surface area contributed by atoms with Crippen molar-refractivity contribution in [3.05, 3.63) is 32.6 Å². The first-order chi connectivity index (χ1) is 13.3. The van der Waals surface area contributed by atoms with Gasteiger partial charge in [0.2, 0.25) is 11.8 Å². The summed E-state index contributed by atoms with van der Waals surface area (Å²) < 4.78 is 1.37. The molecule has 3 heterocycles. The Morgan fingerprint density at radius 2 is 2.00 bits per heavy atom. The third-order valence-electron chi connectivity index (χ3n) is 4.88. The Bertz CT molecular complexity index is 913. The smallest absolute Gasteiger partial charge is 0.312 e. The van der Waals surface area contributed by atoms with Gasteiger partial charge < -0.3 is 10.2 Å². The van der Waals surface area contributed by atoms with Gasteiger partial charge in [-0.05, 0) is 33.6 Å². The number of nitrogens with one attached hydrogen (secondary N) is 1. The molecule has 2 aromatic rings. The number of thiazole rings is 1. The average Bonchev–Trinajstić information content (AvgIpc) is 3.17. The minimum atomic E-state index is -0.479. The minimum Gasteiger partial charge on any atom is -0.341 e. The summed E-state index contributed by atoms with van der Waals surface area (Å²) in [5.74, 6) is -0.395. The third kappa shape index (κ3) is 4.19. The molecule has 0 saturated carbocycles. The number of nitrogens with zero attached hydrogens (tertiary/aromatic N) is 5. The van der Waals surface area contributed by atoms with Crippen LogP contribution < -0.4 is 5.32 Å². The summed E-state index contributed by atoms with van der Waals surface area (Å²) in [4.78, 5) is 41.5. The highest BCUT2D eigenvalue weighted by atomic mass is 32.1. The molecule has 0 unspecified atom stereocenters. The summed E-state index contributed by atoms with van der Waals surface area (Å²) >= 11 is 1.39. The van der Waals surface area contributed by atoms with Crippen LogP contribution in [-0.4, -0.2) is 49.5 Å². The molecule has 0 spiro atoms. The van der Waals surface area contributed by atoms with Crippen molar-refractivity contribution in [1.29, 1.82) is 0 Å². The van der Waals surface area contributed by atoms with Gasteiger partial charge in [0, 0.05) is 24.4 Å². The number of hydrogen-bond acceptors (Lipinski definition) is 7. The van der Waals surface area contributed by atoms with E-state index in [1.807, 2.05) is 12.3 Å². The van der Waals surface area contributed by atoms with Gasteiger partial charge in [-0.1, -0.05) is 0 Å². The zero-order valence-corrected chi connectivity index (χ0v) is 16.8. The van der Waals surface area contributed by atoms with Crippen LogP contribution in [0.1, 0.15) is 29.9 Å². The molecule has 1 N–H and O–H groups in total. The van der Waals surface area contributed by atoms with E-state index < -0.39 is 4.92 Å². The molecule has 1 saturated heterocycles. The summed E-state index contributed by atoms with van der Waals surface area (Å²) in [5, 5.41) is 20.5. The van der Waals surface area contributed by atoms with E-state index in [0.29, 0.717) is 42.5 Å². The second kappa shape index (κ2) is 8.05. The molecule has 2 aromatic heterocycles. The monoisotopic (exact) mass is 406 g/mol. The van der Waals surface area contributed by atoms with E-state index in [1.165, 1.54) is 16.0 Å². The van der Waals surface area contributed by atoms with E-state index in [-0.39, 0.29) is 30.0 Å². The van der Waals surface area contributed by atoms with Gasteiger partial charge in [0.15, 0.2) is 5.13 Å². The topological polar surface area (TPSA) is 123 Å². The standard InChI is InChI=1S/C17H22N6O4S/c1-10-9-28-17(18-10)19-16(25)13-4-6-21(7-5-13)14(24)8-22-12(3)15(23(26)27)11(2)20-22/h9,13H,4-8H2,1-3H3,(H,18,19,25). The predicted molar refractivity (Wildman–Crippen MR) is 103 cm³/mol. The van der Waals surface area contributed by atoms with Crippen LogP contribution >= 0.6 is 11.3 Å². The molecule has 1 aliphatic rings. The molecule has 28 heavy (non-hydrogen) atoms. The van der Waals surface area contributed by atoms with Gasteiger partial charge in [-0.2, -0.15) is 5.10 Å². The van der Waals surface area contributed by atoms with E-state index in [2.05, 4.69) is 15.4 Å². The first-order valence-electron chi connectivity index (χ1n) is 8.95. The Labute approximate surface area is 165 Å². The molecule has 1 aliphatic heterocycles. The van der Waals surface area contributed by atoms with Crippen LogP contribution in [0.5, 0.6) is 0 Å². The summed E-state index contributed by atoms with van der Waals surface area (Å²) in [6.45, 7) is 5.90. The second-order valence-electron chi connectivity index (χ2n) is 6.87. The Morgan fingerprint density at radius 1 is 1.32 bits per heavy atom. The number of carbonyl (C=O) groups is 2. The number of aromatic nitrogens is 3. The molecule has 10 nitrogen and oxygen atoms in total. The Morgan fingerprint density at radius 3 is 2.54 bits per heavy atom. The van der Waals surface area contributed by atoms with Gasteiger partial charge in [-0.3, -0.25) is 24.4 Å². The molecule has 3 rings (SSSR count). The lowest BCUT2D eigenvalue weighted by Crippen LogP contribution is -2.43. The van der Waals surface area contributed by atoms with Crippen LogP contribution in [-0.2, 0) is 16.1 Å². The number of rotatable bonds is 5. The highest BCUT2D eigenvalue weighted by Crippen LogP contribution is 2.24.